The Hall–Kier alpha value is -2.65. The fourth-order valence-electron chi connectivity index (χ4n) is 3.53. The average Bonchev–Trinajstić information content (AvgIpc) is 2.93. The van der Waals surface area contributed by atoms with E-state index >= 15 is 4.39 Å². The number of halogens is 1. The summed E-state index contributed by atoms with van der Waals surface area (Å²) in [7, 11) is -4.21. The number of aryl methyl sites for hydroxylation is 1. The molecule has 7 nitrogen and oxygen atoms in total. The third-order valence-electron chi connectivity index (χ3n) is 4.89. The summed E-state index contributed by atoms with van der Waals surface area (Å²) in [4.78, 5) is 11.6. The number of carbonyl (C=O) groups is 1. The number of aliphatic hydroxyl groups is 1. The second-order valence-corrected chi connectivity index (χ2v) is 8.48. The van der Waals surface area contributed by atoms with Crippen LogP contribution in [-0.4, -0.2) is 32.1 Å². The highest BCUT2D eigenvalue weighted by Gasteiger charge is 2.39. The van der Waals surface area contributed by atoms with E-state index in [1.54, 1.807) is 6.07 Å². The Morgan fingerprint density at radius 3 is 2.71 bits per heavy atom. The van der Waals surface area contributed by atoms with Crippen LogP contribution in [0.1, 0.15) is 23.1 Å². The van der Waals surface area contributed by atoms with Gasteiger partial charge in [-0.1, -0.05) is 30.3 Å². The third kappa shape index (κ3) is 3.43. The van der Waals surface area contributed by atoms with E-state index < -0.39 is 34.6 Å². The van der Waals surface area contributed by atoms with Crippen LogP contribution in [0.2, 0.25) is 0 Å². The number of hydrogen-bond donors (Lipinski definition) is 2. The summed E-state index contributed by atoms with van der Waals surface area (Å²) in [6, 6.07) is 10.8. The first kappa shape index (κ1) is 18.7. The quantitative estimate of drug-likeness (QED) is 0.801. The van der Waals surface area contributed by atoms with Crippen molar-refractivity contribution in [1.29, 1.82) is 0 Å². The summed E-state index contributed by atoms with van der Waals surface area (Å²) < 4.78 is 48.3. The maximum absolute atomic E-state index is 15.4. The van der Waals surface area contributed by atoms with E-state index in [9.17, 15) is 18.3 Å². The van der Waals surface area contributed by atoms with E-state index in [2.05, 4.69) is 0 Å². The summed E-state index contributed by atoms with van der Waals surface area (Å²) in [5.41, 5.74) is 1.46. The van der Waals surface area contributed by atoms with Crippen LogP contribution < -0.4 is 13.8 Å². The first-order valence-electron chi connectivity index (χ1n) is 8.87. The third-order valence-corrected chi connectivity index (χ3v) is 6.27. The molecule has 1 aliphatic carbocycles. The Balaban J connectivity index is 1.79. The molecule has 1 aliphatic heterocycles. The van der Waals surface area contributed by atoms with Crippen molar-refractivity contribution in [3.63, 3.8) is 0 Å². The van der Waals surface area contributed by atoms with Crippen LogP contribution in [0.3, 0.4) is 0 Å². The van der Waals surface area contributed by atoms with E-state index in [1.807, 2.05) is 35.1 Å². The number of amides is 1. The zero-order chi connectivity index (χ0) is 19.9. The van der Waals surface area contributed by atoms with Crippen molar-refractivity contribution in [2.45, 2.75) is 32.0 Å². The minimum atomic E-state index is -4.21. The minimum absolute atomic E-state index is 0.0524. The lowest BCUT2D eigenvalue weighted by atomic mass is 9.88. The van der Waals surface area contributed by atoms with Gasteiger partial charge in [0.1, 0.15) is 24.6 Å². The lowest BCUT2D eigenvalue weighted by molar-refractivity contribution is -0.117. The molecule has 4 rings (SSSR count). The predicted octanol–water partition coefficient (Wildman–Crippen LogP) is 1.44. The van der Waals surface area contributed by atoms with Crippen LogP contribution in [0.4, 0.5) is 10.1 Å². The van der Waals surface area contributed by atoms with Crippen LogP contribution in [0.15, 0.2) is 36.4 Å². The average molecular weight is 406 g/mol. The Morgan fingerprint density at radius 1 is 1.29 bits per heavy atom. The minimum Gasteiger partial charge on any atom is -0.487 e. The number of ether oxygens (including phenoxy) is 1. The molecule has 1 amide bonds. The van der Waals surface area contributed by atoms with Gasteiger partial charge in [0.15, 0.2) is 5.82 Å². The molecule has 148 valence electrons. The van der Waals surface area contributed by atoms with Gasteiger partial charge in [-0.3, -0.25) is 4.79 Å². The van der Waals surface area contributed by atoms with E-state index in [0.29, 0.717) is 22.7 Å². The van der Waals surface area contributed by atoms with Crippen molar-refractivity contribution in [3.05, 3.63) is 58.9 Å². The molecule has 2 aromatic rings. The van der Waals surface area contributed by atoms with Crippen molar-refractivity contribution in [3.8, 4) is 5.75 Å². The van der Waals surface area contributed by atoms with Crippen molar-refractivity contribution < 1.29 is 27.4 Å². The molecule has 1 heterocycles. The van der Waals surface area contributed by atoms with E-state index in [1.165, 1.54) is 0 Å². The maximum Gasteiger partial charge on any atom is 0.326 e. The molecule has 1 unspecified atom stereocenters. The molecule has 0 radical (unpaired) electrons. The largest absolute Gasteiger partial charge is 0.487 e. The summed E-state index contributed by atoms with van der Waals surface area (Å²) in [6.45, 7) is -0.410. The lowest BCUT2D eigenvalue weighted by Gasteiger charge is -2.27. The van der Waals surface area contributed by atoms with Crippen LogP contribution in [0.25, 0.3) is 0 Å². The normalized spacial score (nSPS) is 20.6. The van der Waals surface area contributed by atoms with Crippen molar-refractivity contribution in [1.82, 2.24) is 4.72 Å². The van der Waals surface area contributed by atoms with Crippen LogP contribution in [0, 0.1) is 5.82 Å². The van der Waals surface area contributed by atoms with E-state index in [0.717, 1.165) is 5.56 Å². The summed E-state index contributed by atoms with van der Waals surface area (Å²) in [6.07, 6.45) is 0.342. The van der Waals surface area contributed by atoms with Crippen LogP contribution >= 0.6 is 0 Å². The molecule has 0 aromatic heterocycles. The first-order chi connectivity index (χ1) is 13.3. The molecule has 28 heavy (non-hydrogen) atoms. The molecular formula is C19H19FN2O5S. The number of anilines is 1. The van der Waals surface area contributed by atoms with Crippen LogP contribution in [0.5, 0.6) is 5.75 Å². The Labute approximate surface area is 161 Å². The number of fused-ring (bicyclic) bond motifs is 1. The van der Waals surface area contributed by atoms with Crippen molar-refractivity contribution in [2.24, 2.45) is 0 Å². The molecule has 1 saturated heterocycles. The summed E-state index contributed by atoms with van der Waals surface area (Å²) in [5.74, 6) is -1.47. The number of nitrogens with zero attached hydrogens (tertiary/aromatic N) is 1. The summed E-state index contributed by atoms with van der Waals surface area (Å²) in [5, 5.41) is 9.91. The van der Waals surface area contributed by atoms with Gasteiger partial charge >= 0.3 is 10.2 Å². The highest BCUT2D eigenvalue weighted by atomic mass is 32.2. The molecule has 2 aliphatic rings. The first-order valence-corrected chi connectivity index (χ1v) is 10.3. The number of rotatable bonds is 4. The van der Waals surface area contributed by atoms with Gasteiger partial charge in [-0.25, -0.2) is 13.4 Å². The molecule has 1 atom stereocenters. The predicted molar refractivity (Wildman–Crippen MR) is 99.6 cm³/mol. The van der Waals surface area contributed by atoms with Gasteiger partial charge in [0.25, 0.3) is 5.91 Å². The van der Waals surface area contributed by atoms with Gasteiger partial charge in [-0.2, -0.15) is 8.42 Å². The molecule has 2 aromatic carbocycles. The molecule has 1 fully saturated rings. The second kappa shape index (κ2) is 7.06. The zero-order valence-electron chi connectivity index (χ0n) is 14.9. The SMILES string of the molecule is O=C1CN(c2c(OCc3ccccc3)cc3c(c2F)CC(O)CC3)S(=O)(=O)N1. The Bertz CT molecular complexity index is 1030. The number of hydrogen-bond acceptors (Lipinski definition) is 5. The maximum atomic E-state index is 15.4. The van der Waals surface area contributed by atoms with Gasteiger partial charge in [0, 0.05) is 6.42 Å². The van der Waals surface area contributed by atoms with Crippen LogP contribution in [-0.2, 0) is 34.5 Å². The summed E-state index contributed by atoms with van der Waals surface area (Å²) >= 11 is 0. The smallest absolute Gasteiger partial charge is 0.326 e. The topological polar surface area (TPSA) is 95.9 Å². The number of benzene rings is 2. The molecule has 0 spiro atoms. The molecule has 2 N–H and O–H groups in total. The van der Waals surface area contributed by atoms with Gasteiger partial charge < -0.3 is 9.84 Å². The van der Waals surface area contributed by atoms with Crippen molar-refractivity contribution >= 4 is 21.8 Å². The number of aliphatic hydroxyl groups excluding tert-OH is 1. The molecular weight excluding hydrogens is 387 g/mol. The molecule has 0 bridgehead atoms. The second-order valence-electron chi connectivity index (χ2n) is 6.88. The van der Waals surface area contributed by atoms with Gasteiger partial charge in [-0.05, 0) is 35.6 Å². The van der Waals surface area contributed by atoms with E-state index in [4.69, 9.17) is 4.74 Å². The Morgan fingerprint density at radius 2 is 2.04 bits per heavy atom. The fraction of sp³-hybridized carbons (Fsp3) is 0.316. The number of nitrogens with one attached hydrogen (secondary N) is 1. The fourth-order valence-corrected chi connectivity index (χ4v) is 4.69. The highest BCUT2D eigenvalue weighted by Crippen LogP contribution is 2.40. The monoisotopic (exact) mass is 406 g/mol. The Kier molecular flexibility index (Phi) is 4.72. The standard InChI is InChI=1S/C19H19FN2O5S/c20-18-15-9-14(23)7-6-13(15)8-16(27-11-12-4-2-1-3-5-12)19(18)22-10-17(24)21-28(22,25)26/h1-5,8,14,23H,6-7,9-11H2,(H,21,24). The zero-order valence-corrected chi connectivity index (χ0v) is 15.7. The number of carbonyl (C=O) groups excluding carboxylic acids is 1. The van der Waals surface area contributed by atoms with E-state index in [-0.39, 0.29) is 30.0 Å². The molecule has 9 heteroatoms. The van der Waals surface area contributed by atoms with Gasteiger partial charge in [-0.15, -0.1) is 0 Å². The molecule has 0 saturated carbocycles. The van der Waals surface area contributed by atoms with Gasteiger partial charge in [0.2, 0.25) is 0 Å². The lowest BCUT2D eigenvalue weighted by Crippen LogP contribution is -2.31. The van der Waals surface area contributed by atoms with Gasteiger partial charge in [0.05, 0.1) is 6.10 Å². The van der Waals surface area contributed by atoms with Crippen molar-refractivity contribution in [2.75, 3.05) is 10.8 Å². The highest BCUT2D eigenvalue weighted by molar-refractivity contribution is 7.92.